The molecule has 0 unspecified atom stereocenters. The minimum atomic E-state index is 0. The van der Waals surface area contributed by atoms with Gasteiger partial charge in [-0.15, -0.1) is 60.7 Å². The molecule has 3 rings (SSSR count). The quantitative estimate of drug-likeness (QED) is 0.258. The van der Waals surface area contributed by atoms with Gasteiger partial charge in [0.25, 0.3) is 0 Å². The van der Waals surface area contributed by atoms with E-state index in [-0.39, 0.29) is 24.8 Å². The van der Waals surface area contributed by atoms with E-state index in [0.717, 1.165) is 0 Å². The van der Waals surface area contributed by atoms with E-state index in [1.165, 1.54) is 26.4 Å². The van der Waals surface area contributed by atoms with Crippen LogP contribution in [0.1, 0.15) is 55.4 Å². The first-order valence-electron chi connectivity index (χ1n) is 8.82. The molecule has 160 valence electrons. The van der Waals surface area contributed by atoms with Gasteiger partial charge in [0.05, 0.1) is 0 Å². The number of aromatic nitrogens is 1. The van der Waals surface area contributed by atoms with E-state index in [9.17, 15) is 0 Å². The van der Waals surface area contributed by atoms with Crippen LogP contribution in [0, 0.1) is 18.0 Å². The van der Waals surface area contributed by atoms with Gasteiger partial charge in [-0.2, -0.15) is 77.4 Å². The second kappa shape index (κ2) is 24.3. The Hall–Kier alpha value is -0.726. The summed E-state index contributed by atoms with van der Waals surface area (Å²) in [5.74, 6) is 2.83. The van der Waals surface area contributed by atoms with E-state index in [0.29, 0.717) is 0 Å². The fraction of sp³-hybridized carbons (Fsp3) is 0.333. The van der Waals surface area contributed by atoms with Crippen LogP contribution in [0.2, 0.25) is 0 Å². The van der Waals surface area contributed by atoms with E-state index in [2.05, 4.69) is 129 Å². The van der Waals surface area contributed by atoms with Gasteiger partial charge in [0.15, 0.2) is 0 Å². The summed E-state index contributed by atoms with van der Waals surface area (Å²) in [6, 6.07) is 18.4. The van der Waals surface area contributed by atoms with Gasteiger partial charge in [0.1, 0.15) is 0 Å². The Kier molecular flexibility index (Phi) is 30.2. The third kappa shape index (κ3) is 32.9. The van der Waals surface area contributed by atoms with Crippen molar-refractivity contribution in [1.82, 2.24) is 4.98 Å². The normalized spacial score (nSPS) is 8.18. The molecule has 0 bridgehead atoms. The number of H-pyrrole nitrogens is 1. The second-order valence-corrected chi connectivity index (χ2v) is 8.53. The van der Waals surface area contributed by atoms with E-state index in [4.69, 9.17) is 0 Å². The van der Waals surface area contributed by atoms with Crippen molar-refractivity contribution >= 4 is 39.4 Å². The molecule has 0 aliphatic rings. The Morgan fingerprint density at radius 2 is 1.36 bits per heavy atom. The first-order valence-corrected chi connectivity index (χ1v) is 9.60. The molecular formula is C24H37Cl2NTi-4. The SMILES string of the molecule is C[C-](C)C.C[C-](C)C.C[C](C)=[Ti].Cl.Cl.[c-]1ccc[nH]1.c1ccc2[cH-]ccc2c1. The molecule has 28 heavy (non-hydrogen) atoms. The van der Waals surface area contributed by atoms with E-state index >= 15 is 0 Å². The average molecular weight is 458 g/mol. The van der Waals surface area contributed by atoms with Crippen molar-refractivity contribution in [2.24, 2.45) is 0 Å². The summed E-state index contributed by atoms with van der Waals surface area (Å²) in [6.45, 7) is 16.7. The zero-order valence-corrected chi connectivity index (χ0v) is 21.8. The fourth-order valence-corrected chi connectivity index (χ4v) is 1.31. The van der Waals surface area contributed by atoms with Crippen LogP contribution < -0.4 is 0 Å². The molecular weight excluding hydrogens is 421 g/mol. The monoisotopic (exact) mass is 457 g/mol. The molecule has 0 amide bonds. The maximum absolute atomic E-state index is 2.74. The van der Waals surface area contributed by atoms with Crippen LogP contribution in [-0.4, -0.2) is 8.80 Å². The van der Waals surface area contributed by atoms with E-state index in [1.807, 2.05) is 18.3 Å². The summed E-state index contributed by atoms with van der Waals surface area (Å²) in [7, 11) is 0. The van der Waals surface area contributed by atoms with Crippen LogP contribution in [-0.2, 0) is 20.0 Å². The van der Waals surface area contributed by atoms with Crippen LogP contribution in [0.3, 0.4) is 0 Å². The van der Waals surface area contributed by atoms with Gasteiger partial charge in [-0.1, -0.05) is 6.07 Å². The Morgan fingerprint density at radius 3 is 1.68 bits per heavy atom. The molecule has 2 aromatic carbocycles. The van der Waals surface area contributed by atoms with Gasteiger partial charge < -0.3 is 16.8 Å². The van der Waals surface area contributed by atoms with Crippen LogP contribution in [0.25, 0.3) is 10.8 Å². The average Bonchev–Trinajstić information content (AvgIpc) is 3.20. The molecule has 0 saturated heterocycles. The summed E-state index contributed by atoms with van der Waals surface area (Å²) < 4.78 is 1.42. The third-order valence-electron chi connectivity index (χ3n) is 1.99. The standard InChI is InChI=1S/C9H7.C4H4N.2C4H9.C3H6.2ClH.Ti/c1-2-5-9-7-3-6-8(9)4-1;1-2-4-5-3-1;2*1-4(2)3;1-3-2;;;/h1-7H;1-3,5H;2*1-3H3;1-2H3;2*1H;/q4*-1;;;;. The number of aromatic amines is 1. The zero-order chi connectivity index (χ0) is 20.4. The Morgan fingerprint density at radius 1 is 0.893 bits per heavy atom. The van der Waals surface area contributed by atoms with Crippen LogP contribution in [0.5, 0.6) is 0 Å². The molecule has 4 heteroatoms. The van der Waals surface area contributed by atoms with Crippen molar-refractivity contribution in [1.29, 1.82) is 0 Å². The number of rotatable bonds is 0. The zero-order valence-electron chi connectivity index (χ0n) is 18.6. The number of benzene rings is 1. The number of nitrogens with one attached hydrogen (secondary N) is 1. The summed E-state index contributed by atoms with van der Waals surface area (Å²) >= 11 is 2.08. The minimum absolute atomic E-state index is 0. The van der Waals surface area contributed by atoms with Gasteiger partial charge in [-0.3, -0.25) is 0 Å². The predicted molar refractivity (Wildman–Crippen MR) is 131 cm³/mol. The minimum Gasteiger partial charge on any atom is -0.484 e. The van der Waals surface area contributed by atoms with Crippen molar-refractivity contribution in [2.45, 2.75) is 55.4 Å². The summed E-state index contributed by atoms with van der Waals surface area (Å²) in [4.78, 5) is 2.74. The molecule has 0 fully saturated rings. The van der Waals surface area contributed by atoms with Crippen molar-refractivity contribution in [3.05, 3.63) is 78.8 Å². The fourth-order valence-electron chi connectivity index (χ4n) is 1.31. The van der Waals surface area contributed by atoms with Gasteiger partial charge in [-0.25, -0.2) is 0 Å². The van der Waals surface area contributed by atoms with Gasteiger partial charge in [0, 0.05) is 0 Å². The number of fused-ring (bicyclic) bond motifs is 1. The molecule has 0 saturated carbocycles. The Labute approximate surface area is 197 Å². The van der Waals surface area contributed by atoms with Crippen LogP contribution >= 0.6 is 24.8 Å². The molecule has 0 aliphatic heterocycles. The van der Waals surface area contributed by atoms with Gasteiger partial charge in [0.2, 0.25) is 0 Å². The molecule has 0 spiro atoms. The van der Waals surface area contributed by atoms with E-state index < -0.39 is 0 Å². The second-order valence-electron chi connectivity index (χ2n) is 6.97. The predicted octanol–water partition coefficient (Wildman–Crippen LogP) is 8.20. The smallest absolute Gasteiger partial charge is 0.0809 e. The molecule has 1 nitrogen and oxygen atoms in total. The molecule has 1 N–H and O–H groups in total. The molecule has 1 heterocycles. The number of halogens is 2. The molecule has 3 aromatic rings. The van der Waals surface area contributed by atoms with Crippen molar-refractivity contribution in [3.8, 4) is 0 Å². The molecule has 0 aliphatic carbocycles. The summed E-state index contributed by atoms with van der Waals surface area (Å²) in [6.07, 6.45) is 4.56. The molecule has 0 atom stereocenters. The summed E-state index contributed by atoms with van der Waals surface area (Å²) in [5, 5.41) is 2.66. The van der Waals surface area contributed by atoms with Crippen molar-refractivity contribution in [2.75, 3.05) is 0 Å². The van der Waals surface area contributed by atoms with Crippen LogP contribution in [0.15, 0.2) is 60.8 Å². The Bertz CT molecular complexity index is 581. The van der Waals surface area contributed by atoms with Crippen molar-refractivity contribution < 1.29 is 20.0 Å². The first kappa shape index (κ1) is 34.8. The topological polar surface area (TPSA) is 15.8 Å². The van der Waals surface area contributed by atoms with Crippen molar-refractivity contribution in [3.63, 3.8) is 0 Å². The number of hydrogen-bond donors (Lipinski definition) is 1. The maximum Gasteiger partial charge on any atom is -0.0809 e. The first-order chi connectivity index (χ1) is 12.2. The van der Waals surface area contributed by atoms with Crippen LogP contribution in [0.4, 0.5) is 0 Å². The molecule has 1 aromatic heterocycles. The maximum atomic E-state index is 2.74. The molecule has 0 radical (unpaired) electrons. The van der Waals surface area contributed by atoms with E-state index in [1.54, 1.807) is 0 Å². The van der Waals surface area contributed by atoms with Gasteiger partial charge >= 0.3 is 37.6 Å². The summed E-state index contributed by atoms with van der Waals surface area (Å²) in [5.41, 5.74) is 0. The Balaban J connectivity index is -0.000000134. The largest absolute Gasteiger partial charge is 0.484 e. The van der Waals surface area contributed by atoms with Gasteiger partial charge in [-0.05, 0) is 0 Å². The third-order valence-corrected chi connectivity index (χ3v) is 1.99. The number of hydrogen-bond acceptors (Lipinski definition) is 0.